The average Bonchev–Trinajstić information content (AvgIpc) is 2.38. The molecule has 0 saturated heterocycles. The largest absolute Gasteiger partial charge is 0.393 e. The first-order valence-corrected chi connectivity index (χ1v) is 6.84. The van der Waals surface area contributed by atoms with E-state index >= 15 is 0 Å². The third-order valence-corrected chi connectivity index (χ3v) is 3.67. The first-order chi connectivity index (χ1) is 8.70. The Morgan fingerprint density at radius 2 is 2.39 bits per heavy atom. The number of H-pyrrole nitrogens is 1. The van der Waals surface area contributed by atoms with Crippen molar-refractivity contribution >= 4 is 0 Å². The summed E-state index contributed by atoms with van der Waals surface area (Å²) in [5.41, 5.74) is 2.27. The summed E-state index contributed by atoms with van der Waals surface area (Å²) >= 11 is 0. The van der Waals surface area contributed by atoms with E-state index < -0.39 is 0 Å². The Balaban J connectivity index is 1.97. The van der Waals surface area contributed by atoms with Crippen molar-refractivity contribution in [3.05, 3.63) is 33.7 Å². The van der Waals surface area contributed by atoms with Crippen molar-refractivity contribution in [3.63, 3.8) is 0 Å². The number of fused-ring (bicyclic) bond motifs is 1. The molecule has 4 nitrogen and oxygen atoms in total. The normalized spacial score (nSPS) is 20.4. The lowest BCUT2D eigenvalue weighted by atomic mass is 9.91. The second-order valence-corrected chi connectivity index (χ2v) is 5.01. The zero-order chi connectivity index (χ0) is 13.0. The van der Waals surface area contributed by atoms with E-state index in [9.17, 15) is 9.90 Å². The molecule has 1 aliphatic rings. The van der Waals surface area contributed by atoms with Gasteiger partial charge in [0.15, 0.2) is 0 Å². The third-order valence-electron chi connectivity index (χ3n) is 3.67. The molecule has 1 aromatic heterocycles. The number of rotatable bonds is 5. The van der Waals surface area contributed by atoms with Gasteiger partial charge in [0.25, 0.3) is 0 Å². The molecule has 0 radical (unpaired) electrons. The minimum atomic E-state index is -0.212. The highest BCUT2D eigenvalue weighted by atomic mass is 16.3. The molecule has 0 aliphatic heterocycles. The second kappa shape index (κ2) is 6.16. The van der Waals surface area contributed by atoms with Crippen LogP contribution in [0.4, 0.5) is 0 Å². The van der Waals surface area contributed by atoms with Gasteiger partial charge in [0.1, 0.15) is 0 Å². The zero-order valence-corrected chi connectivity index (χ0v) is 10.9. The summed E-state index contributed by atoms with van der Waals surface area (Å²) < 4.78 is 0. The standard InChI is InChI=1S/C14H22N2O2/c1-2-10(17)8-9-15-12-4-3-5-13-11(12)6-7-14(18)16-13/h6-7,10,12,15,17H,2-5,8-9H2,1H3,(H,16,18). The number of aromatic amines is 1. The highest BCUT2D eigenvalue weighted by molar-refractivity contribution is 5.26. The van der Waals surface area contributed by atoms with Crippen LogP contribution < -0.4 is 10.9 Å². The van der Waals surface area contributed by atoms with Gasteiger partial charge in [0, 0.05) is 17.8 Å². The number of aryl methyl sites for hydroxylation is 1. The fourth-order valence-corrected chi connectivity index (χ4v) is 2.54. The summed E-state index contributed by atoms with van der Waals surface area (Å²) in [5.74, 6) is 0. The Kier molecular flexibility index (Phi) is 4.55. The zero-order valence-electron chi connectivity index (χ0n) is 10.9. The molecular weight excluding hydrogens is 228 g/mol. The van der Waals surface area contributed by atoms with Crippen LogP contribution in [0.25, 0.3) is 0 Å². The number of pyridine rings is 1. The maximum Gasteiger partial charge on any atom is 0.248 e. The molecule has 0 bridgehead atoms. The van der Waals surface area contributed by atoms with E-state index in [0.29, 0.717) is 6.04 Å². The van der Waals surface area contributed by atoms with Gasteiger partial charge in [-0.05, 0) is 44.2 Å². The lowest BCUT2D eigenvalue weighted by Gasteiger charge is -2.26. The molecule has 18 heavy (non-hydrogen) atoms. The molecule has 1 aliphatic carbocycles. The van der Waals surface area contributed by atoms with Crippen molar-refractivity contribution in [1.82, 2.24) is 10.3 Å². The lowest BCUT2D eigenvalue weighted by Crippen LogP contribution is -2.29. The van der Waals surface area contributed by atoms with Crippen LogP contribution in [0.1, 0.15) is 49.9 Å². The summed E-state index contributed by atoms with van der Waals surface area (Å²) in [4.78, 5) is 14.2. The van der Waals surface area contributed by atoms with Crippen LogP contribution in [-0.2, 0) is 6.42 Å². The van der Waals surface area contributed by atoms with Crippen LogP contribution in [0.5, 0.6) is 0 Å². The summed E-state index contributed by atoms with van der Waals surface area (Å²) in [5, 5.41) is 13.0. The first kappa shape index (κ1) is 13.3. The molecule has 0 spiro atoms. The van der Waals surface area contributed by atoms with E-state index in [4.69, 9.17) is 0 Å². The molecule has 100 valence electrons. The highest BCUT2D eigenvalue weighted by Crippen LogP contribution is 2.27. The number of hydrogen-bond acceptors (Lipinski definition) is 3. The molecule has 0 fully saturated rings. The van der Waals surface area contributed by atoms with Crippen LogP contribution in [-0.4, -0.2) is 22.7 Å². The highest BCUT2D eigenvalue weighted by Gasteiger charge is 2.20. The van der Waals surface area contributed by atoms with Crippen molar-refractivity contribution in [2.75, 3.05) is 6.54 Å². The van der Waals surface area contributed by atoms with Gasteiger partial charge >= 0.3 is 0 Å². The van der Waals surface area contributed by atoms with Gasteiger partial charge in [-0.3, -0.25) is 4.79 Å². The average molecular weight is 250 g/mol. The van der Waals surface area contributed by atoms with Crippen molar-refractivity contribution in [1.29, 1.82) is 0 Å². The SMILES string of the molecule is CCC(O)CCNC1CCCc2[nH]c(=O)ccc21. The number of hydrogen-bond donors (Lipinski definition) is 3. The first-order valence-electron chi connectivity index (χ1n) is 6.84. The molecule has 0 saturated carbocycles. The summed E-state index contributed by atoms with van der Waals surface area (Å²) in [6.07, 6.45) is 4.53. The molecular formula is C14H22N2O2. The number of aromatic nitrogens is 1. The maximum absolute atomic E-state index is 11.3. The Morgan fingerprint density at radius 3 is 3.17 bits per heavy atom. The van der Waals surface area contributed by atoms with E-state index in [2.05, 4.69) is 10.3 Å². The van der Waals surface area contributed by atoms with Gasteiger partial charge in [-0.1, -0.05) is 13.0 Å². The number of aliphatic hydroxyl groups is 1. The summed E-state index contributed by atoms with van der Waals surface area (Å²) in [6, 6.07) is 3.84. The van der Waals surface area contributed by atoms with Crippen molar-refractivity contribution < 1.29 is 5.11 Å². The minimum Gasteiger partial charge on any atom is -0.393 e. The molecule has 0 amide bonds. The molecule has 2 atom stereocenters. The Labute approximate surface area is 107 Å². The van der Waals surface area contributed by atoms with Gasteiger partial charge in [0.2, 0.25) is 5.56 Å². The minimum absolute atomic E-state index is 0.0178. The Morgan fingerprint density at radius 1 is 1.56 bits per heavy atom. The van der Waals surface area contributed by atoms with Crippen molar-refractivity contribution in [2.45, 2.75) is 51.2 Å². The van der Waals surface area contributed by atoms with Gasteiger partial charge in [-0.2, -0.15) is 0 Å². The molecule has 0 aromatic carbocycles. The lowest BCUT2D eigenvalue weighted by molar-refractivity contribution is 0.158. The monoisotopic (exact) mass is 250 g/mol. The summed E-state index contributed by atoms with van der Waals surface area (Å²) in [6.45, 7) is 2.81. The van der Waals surface area contributed by atoms with E-state index in [0.717, 1.165) is 44.3 Å². The third kappa shape index (κ3) is 3.21. The van der Waals surface area contributed by atoms with Crippen LogP contribution in [0.15, 0.2) is 16.9 Å². The predicted octanol–water partition coefficient (Wildman–Crippen LogP) is 1.50. The molecule has 1 heterocycles. The van der Waals surface area contributed by atoms with Crippen LogP contribution in [0, 0.1) is 0 Å². The molecule has 2 unspecified atom stereocenters. The van der Waals surface area contributed by atoms with E-state index in [-0.39, 0.29) is 11.7 Å². The maximum atomic E-state index is 11.3. The number of nitrogens with one attached hydrogen (secondary N) is 2. The molecule has 1 aromatic rings. The summed E-state index contributed by atoms with van der Waals surface area (Å²) in [7, 11) is 0. The topological polar surface area (TPSA) is 65.1 Å². The smallest absolute Gasteiger partial charge is 0.248 e. The molecule has 3 N–H and O–H groups in total. The predicted molar refractivity (Wildman–Crippen MR) is 71.7 cm³/mol. The quantitative estimate of drug-likeness (QED) is 0.742. The molecule has 4 heteroatoms. The van der Waals surface area contributed by atoms with Gasteiger partial charge in [0.05, 0.1) is 6.10 Å². The second-order valence-electron chi connectivity index (χ2n) is 5.01. The number of aliphatic hydroxyl groups excluding tert-OH is 1. The van der Waals surface area contributed by atoms with E-state index in [1.165, 1.54) is 5.56 Å². The van der Waals surface area contributed by atoms with Crippen LogP contribution in [0.3, 0.4) is 0 Å². The van der Waals surface area contributed by atoms with Crippen LogP contribution in [0.2, 0.25) is 0 Å². The van der Waals surface area contributed by atoms with Gasteiger partial charge < -0.3 is 15.4 Å². The van der Waals surface area contributed by atoms with Crippen molar-refractivity contribution in [2.24, 2.45) is 0 Å². The fraction of sp³-hybridized carbons (Fsp3) is 0.643. The van der Waals surface area contributed by atoms with Crippen molar-refractivity contribution in [3.8, 4) is 0 Å². The fourth-order valence-electron chi connectivity index (χ4n) is 2.54. The van der Waals surface area contributed by atoms with E-state index in [1.807, 2.05) is 13.0 Å². The van der Waals surface area contributed by atoms with Gasteiger partial charge in [-0.15, -0.1) is 0 Å². The van der Waals surface area contributed by atoms with Crippen LogP contribution >= 0.6 is 0 Å². The Hall–Kier alpha value is -1.13. The molecule has 2 rings (SSSR count). The van der Waals surface area contributed by atoms with Gasteiger partial charge in [-0.25, -0.2) is 0 Å². The van der Waals surface area contributed by atoms with E-state index in [1.54, 1.807) is 6.07 Å². The Bertz CT molecular complexity index is 442.